The first-order valence-electron chi connectivity index (χ1n) is 13.4. The van der Waals surface area contributed by atoms with Crippen LogP contribution in [0.3, 0.4) is 0 Å². The highest BCUT2D eigenvalue weighted by molar-refractivity contribution is 5.95. The second-order valence-corrected chi connectivity index (χ2v) is 9.72. The van der Waals surface area contributed by atoms with Gasteiger partial charge in [0.2, 0.25) is 0 Å². The molecule has 0 unspecified atom stereocenters. The van der Waals surface area contributed by atoms with Crippen LogP contribution in [0, 0.1) is 6.92 Å². The molecular weight excluding hydrogens is 508 g/mol. The smallest absolute Gasteiger partial charge is 0.291 e. The number of nitrogens with zero attached hydrogens (tertiary/aromatic N) is 3. The number of amides is 1. The molecule has 6 heteroatoms. The van der Waals surface area contributed by atoms with Crippen LogP contribution in [0.5, 0.6) is 5.75 Å². The van der Waals surface area contributed by atoms with Gasteiger partial charge in [0.05, 0.1) is 17.6 Å². The minimum atomic E-state index is -0.390. The molecular formula is C35H28N4O2. The molecule has 0 saturated heterocycles. The quantitative estimate of drug-likeness (QED) is 0.163. The molecule has 41 heavy (non-hydrogen) atoms. The first-order chi connectivity index (χ1) is 20.1. The van der Waals surface area contributed by atoms with Crippen molar-refractivity contribution in [2.45, 2.75) is 13.5 Å². The van der Waals surface area contributed by atoms with Crippen LogP contribution in [0.15, 0.2) is 132 Å². The van der Waals surface area contributed by atoms with Crippen LogP contribution in [-0.2, 0) is 6.61 Å². The van der Waals surface area contributed by atoms with Gasteiger partial charge >= 0.3 is 0 Å². The lowest BCUT2D eigenvalue weighted by atomic mass is 10.0. The van der Waals surface area contributed by atoms with Gasteiger partial charge in [-0.2, -0.15) is 10.2 Å². The lowest BCUT2D eigenvalue weighted by molar-refractivity contribution is 0.0949. The maximum absolute atomic E-state index is 13.1. The van der Waals surface area contributed by atoms with Gasteiger partial charge in [-0.15, -0.1) is 0 Å². The summed E-state index contributed by atoms with van der Waals surface area (Å²) in [5.41, 5.74) is 8.59. The van der Waals surface area contributed by atoms with E-state index in [1.807, 2.05) is 103 Å². The van der Waals surface area contributed by atoms with Crippen molar-refractivity contribution in [2.75, 3.05) is 0 Å². The Morgan fingerprint density at radius 3 is 2.37 bits per heavy atom. The van der Waals surface area contributed by atoms with Gasteiger partial charge in [-0.3, -0.25) is 4.79 Å². The molecule has 1 amide bonds. The summed E-state index contributed by atoms with van der Waals surface area (Å²) in [4.78, 5) is 13.1. The number of hydrazone groups is 1. The summed E-state index contributed by atoms with van der Waals surface area (Å²) in [6, 6.07) is 41.8. The maximum atomic E-state index is 13.1. The molecule has 0 fully saturated rings. The Balaban J connectivity index is 1.20. The third kappa shape index (κ3) is 5.92. The van der Waals surface area contributed by atoms with Crippen LogP contribution in [0.2, 0.25) is 0 Å². The molecule has 0 radical (unpaired) electrons. The Morgan fingerprint density at radius 2 is 1.56 bits per heavy atom. The van der Waals surface area contributed by atoms with Crippen LogP contribution in [0.25, 0.3) is 27.7 Å². The van der Waals surface area contributed by atoms with E-state index in [4.69, 9.17) is 9.84 Å². The fourth-order valence-electron chi connectivity index (χ4n) is 4.64. The van der Waals surface area contributed by atoms with Crippen LogP contribution in [0.1, 0.15) is 27.2 Å². The van der Waals surface area contributed by atoms with Crippen molar-refractivity contribution >= 4 is 22.9 Å². The average molecular weight is 537 g/mol. The molecule has 0 atom stereocenters. The Kier molecular flexibility index (Phi) is 7.36. The lowest BCUT2D eigenvalue weighted by Crippen LogP contribution is -2.18. The van der Waals surface area contributed by atoms with E-state index >= 15 is 0 Å². The fourth-order valence-corrected chi connectivity index (χ4v) is 4.64. The monoisotopic (exact) mass is 536 g/mol. The highest BCUT2D eigenvalue weighted by Crippen LogP contribution is 2.28. The molecule has 1 N–H and O–H groups in total. The molecule has 0 bridgehead atoms. The number of hydrogen-bond acceptors (Lipinski definition) is 4. The van der Waals surface area contributed by atoms with E-state index in [2.05, 4.69) is 40.9 Å². The molecule has 0 saturated carbocycles. The molecule has 0 aliphatic carbocycles. The number of aryl methyl sites for hydroxylation is 1. The molecule has 6 rings (SSSR count). The molecule has 1 heterocycles. The Hall–Kier alpha value is -5.49. The number of carbonyl (C=O) groups excluding carboxylic acids is 1. The van der Waals surface area contributed by atoms with Crippen molar-refractivity contribution in [3.05, 3.63) is 150 Å². The number of ether oxygens (including phenoxy) is 1. The zero-order valence-corrected chi connectivity index (χ0v) is 22.6. The van der Waals surface area contributed by atoms with Gasteiger partial charge in [0.25, 0.3) is 5.91 Å². The van der Waals surface area contributed by atoms with E-state index in [0.29, 0.717) is 6.61 Å². The number of rotatable bonds is 8. The molecule has 6 aromatic rings. The number of nitrogens with one attached hydrogen (secondary N) is 1. The third-order valence-corrected chi connectivity index (χ3v) is 6.84. The predicted octanol–water partition coefficient (Wildman–Crippen LogP) is 7.34. The Bertz CT molecular complexity index is 1840. The highest BCUT2D eigenvalue weighted by Gasteiger charge is 2.18. The maximum Gasteiger partial charge on any atom is 0.291 e. The van der Waals surface area contributed by atoms with E-state index in [-0.39, 0.29) is 5.69 Å². The largest absolute Gasteiger partial charge is 0.489 e. The number of aromatic nitrogens is 2. The molecule has 5 aromatic carbocycles. The summed E-state index contributed by atoms with van der Waals surface area (Å²) in [7, 11) is 0. The van der Waals surface area contributed by atoms with Gasteiger partial charge < -0.3 is 4.74 Å². The molecule has 1 aromatic heterocycles. The van der Waals surface area contributed by atoms with Crippen molar-refractivity contribution in [3.8, 4) is 22.7 Å². The van der Waals surface area contributed by atoms with Gasteiger partial charge in [0.1, 0.15) is 12.4 Å². The van der Waals surface area contributed by atoms with Gasteiger partial charge in [-0.05, 0) is 76.9 Å². The number of benzene rings is 5. The first kappa shape index (κ1) is 25.8. The van der Waals surface area contributed by atoms with Crippen molar-refractivity contribution in [3.63, 3.8) is 0 Å². The second-order valence-electron chi connectivity index (χ2n) is 9.72. The summed E-state index contributed by atoms with van der Waals surface area (Å²) in [6.07, 6.45) is 1.60. The van der Waals surface area contributed by atoms with E-state index in [9.17, 15) is 4.79 Å². The minimum absolute atomic E-state index is 0.276. The standard InChI is InChI=1S/C35H28N4O2/c1-25-9-5-8-14-33(25)39-34(30-18-17-28-12-6-7-13-29(28)21-30)22-32(38-39)35(40)37-36-23-26-15-19-31(20-16-26)41-24-27-10-3-2-4-11-27/h2-23H,24H2,1H3,(H,37,40)/b36-23-. The second kappa shape index (κ2) is 11.7. The van der Waals surface area contributed by atoms with Gasteiger partial charge in [-0.25, -0.2) is 10.1 Å². The van der Waals surface area contributed by atoms with E-state index in [1.165, 1.54) is 0 Å². The molecule has 6 nitrogen and oxygen atoms in total. The fraction of sp³-hybridized carbons (Fsp3) is 0.0571. The van der Waals surface area contributed by atoms with Crippen molar-refractivity contribution in [1.29, 1.82) is 0 Å². The molecule has 0 aliphatic rings. The van der Waals surface area contributed by atoms with Crippen molar-refractivity contribution in [1.82, 2.24) is 15.2 Å². The normalized spacial score (nSPS) is 11.1. The third-order valence-electron chi connectivity index (χ3n) is 6.84. The van der Waals surface area contributed by atoms with Crippen LogP contribution in [-0.4, -0.2) is 21.9 Å². The number of fused-ring (bicyclic) bond motifs is 1. The Morgan fingerprint density at radius 1 is 0.829 bits per heavy atom. The van der Waals surface area contributed by atoms with Gasteiger partial charge in [-0.1, -0.05) is 84.9 Å². The zero-order chi connectivity index (χ0) is 28.0. The lowest BCUT2D eigenvalue weighted by Gasteiger charge is -2.11. The predicted molar refractivity (Wildman–Crippen MR) is 164 cm³/mol. The summed E-state index contributed by atoms with van der Waals surface area (Å²) in [5, 5.41) is 11.1. The topological polar surface area (TPSA) is 68.5 Å². The van der Waals surface area contributed by atoms with E-state index in [0.717, 1.165) is 50.2 Å². The number of carbonyl (C=O) groups is 1. The minimum Gasteiger partial charge on any atom is -0.489 e. The van der Waals surface area contributed by atoms with E-state index < -0.39 is 5.91 Å². The molecule has 200 valence electrons. The Labute approximate surface area is 238 Å². The molecule has 0 spiro atoms. The number of hydrogen-bond donors (Lipinski definition) is 1. The summed E-state index contributed by atoms with van der Waals surface area (Å²) >= 11 is 0. The van der Waals surface area contributed by atoms with Crippen LogP contribution < -0.4 is 10.2 Å². The average Bonchev–Trinajstić information content (AvgIpc) is 3.47. The summed E-state index contributed by atoms with van der Waals surface area (Å²) < 4.78 is 7.67. The highest BCUT2D eigenvalue weighted by atomic mass is 16.5. The zero-order valence-electron chi connectivity index (χ0n) is 22.6. The molecule has 0 aliphatic heterocycles. The van der Waals surface area contributed by atoms with Gasteiger partial charge in [0, 0.05) is 5.56 Å². The number of para-hydroxylation sites is 1. The summed E-state index contributed by atoms with van der Waals surface area (Å²) in [6.45, 7) is 2.53. The SMILES string of the molecule is Cc1ccccc1-n1nc(C(=O)N/N=C\c2ccc(OCc3ccccc3)cc2)cc1-c1ccc2ccccc2c1. The van der Waals surface area contributed by atoms with Crippen LogP contribution >= 0.6 is 0 Å². The summed E-state index contributed by atoms with van der Waals surface area (Å²) in [5.74, 6) is 0.372. The van der Waals surface area contributed by atoms with Crippen LogP contribution in [0.4, 0.5) is 0 Å². The van der Waals surface area contributed by atoms with Crippen molar-refractivity contribution in [2.24, 2.45) is 5.10 Å². The van der Waals surface area contributed by atoms with Gasteiger partial charge in [0.15, 0.2) is 5.69 Å². The first-order valence-corrected chi connectivity index (χ1v) is 13.4. The van der Waals surface area contributed by atoms with Crippen molar-refractivity contribution < 1.29 is 9.53 Å². The van der Waals surface area contributed by atoms with E-state index in [1.54, 1.807) is 12.3 Å².